The summed E-state index contributed by atoms with van der Waals surface area (Å²) in [6, 6.07) is 5.19. The highest BCUT2D eigenvalue weighted by Crippen LogP contribution is 2.24. The molecule has 0 bridgehead atoms. The van der Waals surface area contributed by atoms with Crippen LogP contribution in [0.2, 0.25) is 5.02 Å². The normalized spacial score (nSPS) is 23.1. The minimum absolute atomic E-state index is 0.156. The van der Waals surface area contributed by atoms with Crippen LogP contribution in [0.1, 0.15) is 36.0 Å². The number of amides is 1. The molecule has 3 nitrogen and oxygen atoms in total. The zero-order valence-electron chi connectivity index (χ0n) is 10.5. The number of aliphatic hydroxyl groups excluding tert-OH is 1. The average Bonchev–Trinajstić information content (AvgIpc) is 2.40. The fraction of sp³-hybridized carbons (Fsp3) is 0.500. The summed E-state index contributed by atoms with van der Waals surface area (Å²) >= 11 is 9.33. The maximum atomic E-state index is 12.1. The van der Waals surface area contributed by atoms with Crippen molar-refractivity contribution in [2.24, 2.45) is 5.92 Å². The van der Waals surface area contributed by atoms with Gasteiger partial charge in [-0.15, -0.1) is 0 Å². The van der Waals surface area contributed by atoms with Gasteiger partial charge in [-0.25, -0.2) is 0 Å². The van der Waals surface area contributed by atoms with E-state index in [4.69, 9.17) is 11.6 Å². The van der Waals surface area contributed by atoms with Crippen LogP contribution >= 0.6 is 27.5 Å². The van der Waals surface area contributed by atoms with E-state index in [1.54, 1.807) is 18.2 Å². The lowest BCUT2D eigenvalue weighted by molar-refractivity contribution is 0.0663. The van der Waals surface area contributed by atoms with Gasteiger partial charge >= 0.3 is 0 Å². The summed E-state index contributed by atoms with van der Waals surface area (Å²) < 4.78 is 0.819. The van der Waals surface area contributed by atoms with Crippen molar-refractivity contribution in [1.82, 2.24) is 5.32 Å². The van der Waals surface area contributed by atoms with Crippen molar-refractivity contribution in [3.8, 4) is 0 Å². The lowest BCUT2D eigenvalue weighted by Crippen LogP contribution is -2.36. The second-order valence-corrected chi connectivity index (χ2v) is 6.27. The van der Waals surface area contributed by atoms with E-state index >= 15 is 0 Å². The van der Waals surface area contributed by atoms with Gasteiger partial charge < -0.3 is 10.4 Å². The quantitative estimate of drug-likeness (QED) is 0.881. The molecule has 5 heteroatoms. The monoisotopic (exact) mass is 345 g/mol. The zero-order chi connectivity index (χ0) is 13.8. The Bertz CT molecular complexity index is 467. The van der Waals surface area contributed by atoms with Crippen LogP contribution in [0.5, 0.6) is 0 Å². The summed E-state index contributed by atoms with van der Waals surface area (Å²) in [4.78, 5) is 12.1. The number of nitrogens with one attached hydrogen (secondary N) is 1. The van der Waals surface area contributed by atoms with E-state index < -0.39 is 0 Å². The van der Waals surface area contributed by atoms with Crippen molar-refractivity contribution in [3.05, 3.63) is 33.3 Å². The Morgan fingerprint density at radius 1 is 1.42 bits per heavy atom. The Kier molecular flexibility index (Phi) is 5.25. The van der Waals surface area contributed by atoms with Crippen molar-refractivity contribution in [2.45, 2.75) is 31.8 Å². The number of hydrogen-bond acceptors (Lipinski definition) is 2. The molecule has 0 aromatic heterocycles. The SMILES string of the molecule is O=C(NCC1CCCCC1O)c1cc(Br)ccc1Cl. The standard InChI is InChI=1S/C14H17BrClNO2/c15-10-5-6-12(16)11(7-10)14(19)17-8-9-3-1-2-4-13(9)18/h5-7,9,13,18H,1-4,8H2,(H,17,19). The summed E-state index contributed by atoms with van der Waals surface area (Å²) in [5, 5.41) is 13.2. The highest BCUT2D eigenvalue weighted by atomic mass is 79.9. The van der Waals surface area contributed by atoms with E-state index in [0.29, 0.717) is 17.1 Å². The maximum Gasteiger partial charge on any atom is 0.252 e. The molecule has 2 N–H and O–H groups in total. The summed E-state index contributed by atoms with van der Waals surface area (Å²) in [5.74, 6) is -0.0345. The van der Waals surface area contributed by atoms with Crippen molar-refractivity contribution in [1.29, 1.82) is 0 Å². The molecule has 2 atom stereocenters. The molecule has 1 aromatic rings. The Balaban J connectivity index is 1.95. The molecule has 0 radical (unpaired) electrons. The topological polar surface area (TPSA) is 49.3 Å². The predicted octanol–water partition coefficient (Wildman–Crippen LogP) is 3.38. The van der Waals surface area contributed by atoms with Gasteiger partial charge in [0, 0.05) is 16.9 Å². The first-order chi connectivity index (χ1) is 9.08. The van der Waals surface area contributed by atoms with Crippen molar-refractivity contribution < 1.29 is 9.90 Å². The molecule has 0 spiro atoms. The zero-order valence-corrected chi connectivity index (χ0v) is 12.9. The highest BCUT2D eigenvalue weighted by Gasteiger charge is 2.23. The molecule has 1 amide bonds. The summed E-state index contributed by atoms with van der Waals surface area (Å²) in [6.07, 6.45) is 3.69. The van der Waals surface area contributed by atoms with Crippen LogP contribution in [0, 0.1) is 5.92 Å². The second-order valence-electron chi connectivity index (χ2n) is 4.95. The third kappa shape index (κ3) is 3.94. The number of hydrogen-bond donors (Lipinski definition) is 2. The fourth-order valence-corrected chi connectivity index (χ4v) is 2.98. The number of halogens is 2. The molecule has 2 rings (SSSR count). The molecule has 0 aliphatic heterocycles. The maximum absolute atomic E-state index is 12.1. The minimum atomic E-state index is -0.299. The van der Waals surface area contributed by atoms with Gasteiger partial charge in [-0.05, 0) is 31.0 Å². The van der Waals surface area contributed by atoms with Gasteiger partial charge in [0.15, 0.2) is 0 Å². The summed E-state index contributed by atoms with van der Waals surface area (Å²) in [5.41, 5.74) is 0.460. The molecule has 1 saturated carbocycles. The molecule has 1 fully saturated rings. The molecule has 1 aromatic carbocycles. The Morgan fingerprint density at radius 3 is 2.89 bits per heavy atom. The lowest BCUT2D eigenvalue weighted by atomic mass is 9.86. The molecular formula is C14H17BrClNO2. The largest absolute Gasteiger partial charge is 0.393 e. The first-order valence-corrected chi connectivity index (χ1v) is 7.66. The van der Waals surface area contributed by atoms with Gasteiger partial charge in [0.25, 0.3) is 5.91 Å². The second kappa shape index (κ2) is 6.73. The van der Waals surface area contributed by atoms with Crippen molar-refractivity contribution in [3.63, 3.8) is 0 Å². The third-order valence-electron chi connectivity index (χ3n) is 3.57. The summed E-state index contributed by atoms with van der Waals surface area (Å²) in [7, 11) is 0. The van der Waals surface area contributed by atoms with Crippen molar-refractivity contribution >= 4 is 33.4 Å². The van der Waals surface area contributed by atoms with Crippen LogP contribution in [-0.4, -0.2) is 23.7 Å². The Labute approximate surface area is 126 Å². The predicted molar refractivity (Wildman–Crippen MR) is 79.5 cm³/mol. The highest BCUT2D eigenvalue weighted by molar-refractivity contribution is 9.10. The molecule has 0 heterocycles. The van der Waals surface area contributed by atoms with Crippen LogP contribution in [0.4, 0.5) is 0 Å². The fourth-order valence-electron chi connectivity index (χ4n) is 2.42. The van der Waals surface area contributed by atoms with Gasteiger partial charge in [-0.1, -0.05) is 40.4 Å². The van der Waals surface area contributed by atoms with Crippen LogP contribution in [0.3, 0.4) is 0 Å². The van der Waals surface area contributed by atoms with Gasteiger partial charge in [-0.2, -0.15) is 0 Å². The van der Waals surface area contributed by atoms with Gasteiger partial charge in [0.1, 0.15) is 0 Å². The number of carbonyl (C=O) groups excluding carboxylic acids is 1. The smallest absolute Gasteiger partial charge is 0.252 e. The summed E-state index contributed by atoms with van der Waals surface area (Å²) in [6.45, 7) is 0.503. The minimum Gasteiger partial charge on any atom is -0.393 e. The van der Waals surface area contributed by atoms with E-state index in [1.807, 2.05) is 0 Å². The first-order valence-electron chi connectivity index (χ1n) is 6.49. The molecule has 104 valence electrons. The Morgan fingerprint density at radius 2 is 2.16 bits per heavy atom. The number of benzene rings is 1. The molecule has 0 saturated heterocycles. The van der Waals surface area contributed by atoms with E-state index in [2.05, 4.69) is 21.2 Å². The van der Waals surface area contributed by atoms with Gasteiger partial charge in [0.2, 0.25) is 0 Å². The molecule has 1 aliphatic carbocycles. The van der Waals surface area contributed by atoms with Crippen molar-refractivity contribution in [2.75, 3.05) is 6.54 Å². The lowest BCUT2D eigenvalue weighted by Gasteiger charge is -2.27. The van der Waals surface area contributed by atoms with E-state index in [1.165, 1.54) is 0 Å². The molecule has 2 unspecified atom stereocenters. The first kappa shape index (κ1) is 14.8. The van der Waals surface area contributed by atoms with Crippen LogP contribution in [0.25, 0.3) is 0 Å². The van der Waals surface area contributed by atoms with E-state index in [0.717, 1.165) is 30.2 Å². The van der Waals surface area contributed by atoms with E-state index in [-0.39, 0.29) is 17.9 Å². The van der Waals surface area contributed by atoms with Crippen LogP contribution in [0.15, 0.2) is 22.7 Å². The van der Waals surface area contributed by atoms with Crippen LogP contribution in [-0.2, 0) is 0 Å². The number of carbonyl (C=O) groups is 1. The van der Waals surface area contributed by atoms with E-state index in [9.17, 15) is 9.90 Å². The molecule has 1 aliphatic rings. The Hall–Kier alpha value is -0.580. The molecular weight excluding hydrogens is 330 g/mol. The van der Waals surface area contributed by atoms with Gasteiger partial charge in [-0.3, -0.25) is 4.79 Å². The number of rotatable bonds is 3. The average molecular weight is 347 g/mol. The van der Waals surface area contributed by atoms with Gasteiger partial charge in [0.05, 0.1) is 16.7 Å². The third-order valence-corrected chi connectivity index (χ3v) is 4.39. The molecule has 19 heavy (non-hydrogen) atoms. The van der Waals surface area contributed by atoms with Crippen LogP contribution < -0.4 is 5.32 Å². The number of aliphatic hydroxyl groups is 1.